The number of methoxy groups -OCH3 is 3. The zero-order chi connectivity index (χ0) is 18.4. The number of hydrogen-bond donors (Lipinski definition) is 2. The molecule has 0 fully saturated rings. The number of hydrogen-bond acceptors (Lipinski definition) is 5. The van der Waals surface area contributed by atoms with Gasteiger partial charge in [-0.2, -0.15) is 0 Å². The molecule has 0 saturated heterocycles. The number of rotatable bonds is 7. The van der Waals surface area contributed by atoms with Gasteiger partial charge in [0.15, 0.2) is 11.5 Å². The van der Waals surface area contributed by atoms with Gasteiger partial charge in [0.2, 0.25) is 5.75 Å². The molecule has 1 unspecified atom stereocenters. The summed E-state index contributed by atoms with van der Waals surface area (Å²) in [6.07, 6.45) is 0. The Bertz CT molecular complexity index is 728. The second-order valence-corrected chi connectivity index (χ2v) is 5.70. The summed E-state index contributed by atoms with van der Waals surface area (Å²) in [4.78, 5) is 12.6. The van der Waals surface area contributed by atoms with Crippen molar-refractivity contribution in [2.24, 2.45) is 0 Å². The number of amides is 1. The molecule has 0 radical (unpaired) electrons. The summed E-state index contributed by atoms with van der Waals surface area (Å²) >= 11 is 0. The molecule has 0 aliphatic carbocycles. The minimum atomic E-state index is -1.19. The molecule has 0 aromatic heterocycles. The largest absolute Gasteiger partial charge is 0.493 e. The lowest BCUT2D eigenvalue weighted by atomic mass is 9.96. The number of carbonyl (C=O) groups is 1. The molecule has 0 spiro atoms. The Balaban J connectivity index is 2.21. The lowest BCUT2D eigenvalue weighted by Crippen LogP contribution is -2.38. The van der Waals surface area contributed by atoms with Crippen LogP contribution in [0.3, 0.4) is 0 Å². The van der Waals surface area contributed by atoms with Crippen LogP contribution in [-0.4, -0.2) is 38.9 Å². The topological polar surface area (TPSA) is 77.0 Å². The molecule has 0 saturated carbocycles. The highest BCUT2D eigenvalue weighted by Crippen LogP contribution is 2.39. The lowest BCUT2D eigenvalue weighted by molar-refractivity contribution is 0.0525. The van der Waals surface area contributed by atoms with E-state index in [1.54, 1.807) is 19.1 Å². The third-order valence-corrected chi connectivity index (χ3v) is 3.94. The third kappa shape index (κ3) is 4.03. The molecule has 0 aliphatic rings. The molecule has 134 valence electrons. The van der Waals surface area contributed by atoms with Crippen molar-refractivity contribution >= 4 is 5.91 Å². The standard InChI is InChI=1S/C19H23NO5/c1-19(22,13-8-6-5-7-9-13)12-20-18(21)14-10-11-15(23-2)17(25-4)16(14)24-3/h5-11,22H,12H2,1-4H3,(H,20,21). The summed E-state index contributed by atoms with van der Waals surface area (Å²) < 4.78 is 15.8. The average Bonchev–Trinajstić information content (AvgIpc) is 2.65. The van der Waals surface area contributed by atoms with Crippen LogP contribution in [0, 0.1) is 0 Å². The van der Waals surface area contributed by atoms with E-state index in [1.165, 1.54) is 21.3 Å². The molecule has 0 heterocycles. The summed E-state index contributed by atoms with van der Waals surface area (Å²) in [5.41, 5.74) is -0.181. The van der Waals surface area contributed by atoms with E-state index in [1.807, 2.05) is 30.3 Å². The van der Waals surface area contributed by atoms with E-state index in [4.69, 9.17) is 14.2 Å². The summed E-state index contributed by atoms with van der Waals surface area (Å²) in [6, 6.07) is 12.4. The summed E-state index contributed by atoms with van der Waals surface area (Å²) in [5, 5.41) is 13.3. The van der Waals surface area contributed by atoms with Gasteiger partial charge in [-0.25, -0.2) is 0 Å². The van der Waals surface area contributed by atoms with Gasteiger partial charge in [0.1, 0.15) is 5.60 Å². The molecule has 1 amide bonds. The zero-order valence-electron chi connectivity index (χ0n) is 14.8. The maximum absolute atomic E-state index is 12.6. The number of aliphatic hydroxyl groups is 1. The maximum Gasteiger partial charge on any atom is 0.255 e. The van der Waals surface area contributed by atoms with E-state index in [0.29, 0.717) is 17.1 Å². The fourth-order valence-corrected chi connectivity index (χ4v) is 2.53. The molecule has 2 aromatic rings. The van der Waals surface area contributed by atoms with Crippen molar-refractivity contribution in [2.45, 2.75) is 12.5 Å². The molecule has 0 bridgehead atoms. The van der Waals surface area contributed by atoms with Gasteiger partial charge >= 0.3 is 0 Å². The Morgan fingerprint density at radius 3 is 2.20 bits per heavy atom. The van der Waals surface area contributed by atoms with Crippen molar-refractivity contribution < 1.29 is 24.1 Å². The van der Waals surface area contributed by atoms with Crippen LogP contribution in [-0.2, 0) is 5.60 Å². The van der Waals surface area contributed by atoms with E-state index in [-0.39, 0.29) is 18.2 Å². The van der Waals surface area contributed by atoms with Crippen LogP contribution in [0.1, 0.15) is 22.8 Å². The van der Waals surface area contributed by atoms with Crippen LogP contribution in [0.15, 0.2) is 42.5 Å². The normalized spacial score (nSPS) is 12.8. The van der Waals surface area contributed by atoms with E-state index in [2.05, 4.69) is 5.32 Å². The molecule has 2 N–H and O–H groups in total. The minimum Gasteiger partial charge on any atom is -0.493 e. The number of nitrogens with one attached hydrogen (secondary N) is 1. The van der Waals surface area contributed by atoms with Crippen molar-refractivity contribution in [2.75, 3.05) is 27.9 Å². The second-order valence-electron chi connectivity index (χ2n) is 5.70. The highest BCUT2D eigenvalue weighted by atomic mass is 16.5. The third-order valence-electron chi connectivity index (χ3n) is 3.94. The van der Waals surface area contributed by atoms with E-state index in [0.717, 1.165) is 5.56 Å². The van der Waals surface area contributed by atoms with E-state index >= 15 is 0 Å². The fourth-order valence-electron chi connectivity index (χ4n) is 2.53. The van der Waals surface area contributed by atoms with Gasteiger partial charge in [0.25, 0.3) is 5.91 Å². The maximum atomic E-state index is 12.6. The summed E-state index contributed by atoms with van der Waals surface area (Å²) in [7, 11) is 4.44. The lowest BCUT2D eigenvalue weighted by Gasteiger charge is -2.24. The number of ether oxygens (including phenoxy) is 3. The van der Waals surface area contributed by atoms with Gasteiger partial charge < -0.3 is 24.6 Å². The van der Waals surface area contributed by atoms with Gasteiger partial charge in [-0.3, -0.25) is 4.79 Å². The first-order chi connectivity index (χ1) is 11.9. The van der Waals surface area contributed by atoms with Gasteiger partial charge in [0.05, 0.1) is 33.4 Å². The van der Waals surface area contributed by atoms with E-state index < -0.39 is 5.60 Å². The first-order valence-corrected chi connectivity index (χ1v) is 7.79. The molecule has 6 heteroatoms. The molecule has 1 atom stereocenters. The first kappa shape index (κ1) is 18.6. The van der Waals surface area contributed by atoms with Crippen molar-refractivity contribution in [1.82, 2.24) is 5.32 Å². The zero-order valence-corrected chi connectivity index (χ0v) is 14.8. The van der Waals surface area contributed by atoms with Crippen molar-refractivity contribution in [1.29, 1.82) is 0 Å². The molecule has 25 heavy (non-hydrogen) atoms. The Hall–Kier alpha value is -2.73. The Morgan fingerprint density at radius 1 is 1.00 bits per heavy atom. The fraction of sp³-hybridized carbons (Fsp3) is 0.316. The smallest absolute Gasteiger partial charge is 0.255 e. The molecule has 2 rings (SSSR count). The average molecular weight is 345 g/mol. The van der Waals surface area contributed by atoms with Gasteiger partial charge in [-0.15, -0.1) is 0 Å². The summed E-state index contributed by atoms with van der Waals surface area (Å²) in [6.45, 7) is 1.70. The SMILES string of the molecule is COc1ccc(C(=O)NCC(C)(O)c2ccccc2)c(OC)c1OC. The highest BCUT2D eigenvalue weighted by Gasteiger charge is 2.26. The predicted octanol–water partition coefficient (Wildman–Crippen LogP) is 2.35. The second kappa shape index (κ2) is 7.90. The molecule has 2 aromatic carbocycles. The quantitative estimate of drug-likeness (QED) is 0.805. The van der Waals surface area contributed by atoms with Crippen LogP contribution < -0.4 is 19.5 Å². The highest BCUT2D eigenvalue weighted by molar-refractivity contribution is 5.98. The Morgan fingerprint density at radius 2 is 1.64 bits per heavy atom. The molecular weight excluding hydrogens is 322 g/mol. The molecule has 6 nitrogen and oxygen atoms in total. The number of benzene rings is 2. The Labute approximate surface area is 147 Å². The predicted molar refractivity (Wildman–Crippen MR) is 94.4 cm³/mol. The van der Waals surface area contributed by atoms with Crippen LogP contribution in [0.5, 0.6) is 17.2 Å². The van der Waals surface area contributed by atoms with E-state index in [9.17, 15) is 9.90 Å². The first-order valence-electron chi connectivity index (χ1n) is 7.79. The minimum absolute atomic E-state index is 0.0490. The molecule has 0 aliphatic heterocycles. The van der Waals surface area contributed by atoms with Gasteiger partial charge in [0, 0.05) is 0 Å². The Kier molecular flexibility index (Phi) is 5.88. The van der Waals surface area contributed by atoms with Crippen LogP contribution in [0.4, 0.5) is 0 Å². The number of carbonyl (C=O) groups excluding carboxylic acids is 1. The van der Waals surface area contributed by atoms with Crippen molar-refractivity contribution in [3.63, 3.8) is 0 Å². The van der Waals surface area contributed by atoms with Crippen LogP contribution >= 0.6 is 0 Å². The van der Waals surface area contributed by atoms with Crippen molar-refractivity contribution in [3.8, 4) is 17.2 Å². The van der Waals surface area contributed by atoms with Crippen LogP contribution in [0.2, 0.25) is 0 Å². The van der Waals surface area contributed by atoms with Gasteiger partial charge in [-0.05, 0) is 24.6 Å². The monoisotopic (exact) mass is 345 g/mol. The van der Waals surface area contributed by atoms with Gasteiger partial charge in [-0.1, -0.05) is 30.3 Å². The van der Waals surface area contributed by atoms with Crippen molar-refractivity contribution in [3.05, 3.63) is 53.6 Å². The van der Waals surface area contributed by atoms with Crippen LogP contribution in [0.25, 0.3) is 0 Å². The summed E-state index contributed by atoms with van der Waals surface area (Å²) in [5.74, 6) is 0.701. The molecular formula is C19H23NO5.